The van der Waals surface area contributed by atoms with Crippen LogP contribution in [0.25, 0.3) is 17.1 Å². The van der Waals surface area contributed by atoms with E-state index >= 15 is 0 Å². The third-order valence-corrected chi connectivity index (χ3v) is 9.09. The van der Waals surface area contributed by atoms with Crippen molar-refractivity contribution in [2.24, 2.45) is 5.92 Å². The van der Waals surface area contributed by atoms with Gasteiger partial charge in [-0.15, -0.1) is 10.2 Å². The molecule has 1 aliphatic heterocycles. The molecule has 7 nitrogen and oxygen atoms in total. The normalized spacial score (nSPS) is 18.4. The Hall–Kier alpha value is -2.84. The molecule has 1 saturated carbocycles. The monoisotopic (exact) mass is 565 g/mol. The molecule has 2 fully saturated rings. The van der Waals surface area contributed by atoms with Crippen LogP contribution in [0.1, 0.15) is 51.9 Å². The third kappa shape index (κ3) is 6.49. The summed E-state index contributed by atoms with van der Waals surface area (Å²) in [6, 6.07) is 17.7. The maximum Gasteiger partial charge on any atom is 0.226 e. The number of carbonyl (C=O) groups excluding carboxylic acids is 2. The summed E-state index contributed by atoms with van der Waals surface area (Å²) in [7, 11) is 0. The molecule has 2 heterocycles. The summed E-state index contributed by atoms with van der Waals surface area (Å²) in [5, 5.41) is 10.3. The van der Waals surface area contributed by atoms with Crippen molar-refractivity contribution < 1.29 is 9.59 Å². The second-order valence-corrected chi connectivity index (χ2v) is 11.9. The molecule has 0 N–H and O–H groups in total. The standard InChI is InChI=1S/C30H36ClN5O2S/c1-22-21-34(18-19-35(22)29(38)23-11-4-2-5-12-23)27(37)17-10-20-39-30-33-32-28(25-15-8-9-16-26(25)31)36(30)24-13-6-3-7-14-24/h3,6-9,13-16,22-23H,2,4-5,10-12,17-21H2,1H3. The van der Waals surface area contributed by atoms with Gasteiger partial charge in [0.15, 0.2) is 11.0 Å². The number of piperazine rings is 1. The van der Waals surface area contributed by atoms with Crippen molar-refractivity contribution >= 4 is 35.2 Å². The Labute approximate surface area is 239 Å². The van der Waals surface area contributed by atoms with Crippen molar-refractivity contribution in [1.82, 2.24) is 24.6 Å². The Balaban J connectivity index is 1.16. The maximum atomic E-state index is 13.0. The predicted molar refractivity (Wildman–Crippen MR) is 156 cm³/mol. The van der Waals surface area contributed by atoms with Crippen LogP contribution in [-0.4, -0.2) is 67.8 Å². The zero-order valence-electron chi connectivity index (χ0n) is 22.5. The van der Waals surface area contributed by atoms with Crippen LogP contribution in [-0.2, 0) is 9.59 Å². The highest BCUT2D eigenvalue weighted by molar-refractivity contribution is 7.99. The topological polar surface area (TPSA) is 71.3 Å². The Bertz CT molecular complexity index is 1280. The predicted octanol–water partition coefficient (Wildman–Crippen LogP) is 6.10. The highest BCUT2D eigenvalue weighted by atomic mass is 35.5. The number of hydrogen-bond donors (Lipinski definition) is 0. The highest BCUT2D eigenvalue weighted by Gasteiger charge is 2.33. The molecule has 0 bridgehead atoms. The van der Waals surface area contributed by atoms with Crippen molar-refractivity contribution in [3.05, 3.63) is 59.6 Å². The van der Waals surface area contributed by atoms with Crippen LogP contribution in [0.3, 0.4) is 0 Å². The first-order valence-corrected chi connectivity index (χ1v) is 15.4. The number of aromatic nitrogens is 3. The number of hydrogen-bond acceptors (Lipinski definition) is 5. The summed E-state index contributed by atoms with van der Waals surface area (Å²) < 4.78 is 2.03. The smallest absolute Gasteiger partial charge is 0.226 e. The van der Waals surface area contributed by atoms with Gasteiger partial charge >= 0.3 is 0 Å². The largest absolute Gasteiger partial charge is 0.339 e. The molecule has 5 rings (SSSR count). The van der Waals surface area contributed by atoms with Gasteiger partial charge in [-0.25, -0.2) is 0 Å². The van der Waals surface area contributed by atoms with Crippen LogP contribution >= 0.6 is 23.4 Å². The van der Waals surface area contributed by atoms with Gasteiger partial charge in [0, 0.05) is 55.0 Å². The van der Waals surface area contributed by atoms with E-state index in [1.165, 1.54) is 6.42 Å². The highest BCUT2D eigenvalue weighted by Crippen LogP contribution is 2.32. The first kappa shape index (κ1) is 27.7. The second kappa shape index (κ2) is 13.0. The number of rotatable bonds is 8. The van der Waals surface area contributed by atoms with Crippen molar-refractivity contribution in [2.45, 2.75) is 63.1 Å². The Morgan fingerprint density at radius 1 is 0.974 bits per heavy atom. The van der Waals surface area contributed by atoms with Gasteiger partial charge in [-0.3, -0.25) is 14.2 Å². The van der Waals surface area contributed by atoms with E-state index in [1.807, 2.05) is 69.0 Å². The van der Waals surface area contributed by atoms with Gasteiger partial charge in [0.25, 0.3) is 0 Å². The molecule has 2 amide bonds. The minimum absolute atomic E-state index is 0.0687. The minimum atomic E-state index is 0.0687. The van der Waals surface area contributed by atoms with Gasteiger partial charge in [-0.2, -0.15) is 0 Å². The first-order chi connectivity index (χ1) is 19.0. The van der Waals surface area contributed by atoms with E-state index in [0.717, 1.165) is 54.3 Å². The summed E-state index contributed by atoms with van der Waals surface area (Å²) in [5.74, 6) is 2.07. The lowest BCUT2D eigenvalue weighted by molar-refractivity contribution is -0.146. The quantitative estimate of drug-likeness (QED) is 0.244. The SMILES string of the molecule is CC1CN(C(=O)CCCSc2nnc(-c3ccccc3Cl)n2-c2ccccc2)CCN1C(=O)C1CCCCC1. The van der Waals surface area contributed by atoms with Crippen LogP contribution in [0.2, 0.25) is 5.02 Å². The molecule has 0 radical (unpaired) electrons. The molecular formula is C30H36ClN5O2S. The zero-order chi connectivity index (χ0) is 27.2. The summed E-state index contributed by atoms with van der Waals surface area (Å²) in [4.78, 5) is 30.0. The zero-order valence-corrected chi connectivity index (χ0v) is 24.0. The van der Waals surface area contributed by atoms with Gasteiger partial charge in [-0.05, 0) is 50.5 Å². The molecule has 39 heavy (non-hydrogen) atoms. The number of halogens is 1. The van der Waals surface area contributed by atoms with E-state index in [-0.39, 0.29) is 17.9 Å². The Morgan fingerprint density at radius 2 is 1.72 bits per heavy atom. The van der Waals surface area contributed by atoms with E-state index in [2.05, 4.69) is 17.1 Å². The molecule has 2 aromatic carbocycles. The first-order valence-electron chi connectivity index (χ1n) is 14.0. The maximum absolute atomic E-state index is 13.0. The van der Waals surface area contributed by atoms with E-state index in [1.54, 1.807) is 11.8 Å². The summed E-state index contributed by atoms with van der Waals surface area (Å²) in [6.07, 6.45) is 6.80. The van der Waals surface area contributed by atoms with E-state index < -0.39 is 0 Å². The Morgan fingerprint density at radius 3 is 2.46 bits per heavy atom. The second-order valence-electron chi connectivity index (χ2n) is 10.5. The lowest BCUT2D eigenvalue weighted by atomic mass is 9.88. The van der Waals surface area contributed by atoms with Crippen LogP contribution in [0, 0.1) is 5.92 Å². The molecule has 1 saturated heterocycles. The molecule has 9 heteroatoms. The number of thioether (sulfide) groups is 1. The van der Waals surface area contributed by atoms with Crippen molar-refractivity contribution in [3.8, 4) is 17.1 Å². The fraction of sp³-hybridized carbons (Fsp3) is 0.467. The van der Waals surface area contributed by atoms with Crippen LogP contribution in [0.4, 0.5) is 0 Å². The number of nitrogens with zero attached hydrogens (tertiary/aromatic N) is 5. The third-order valence-electron chi connectivity index (χ3n) is 7.75. The average molecular weight is 566 g/mol. The molecule has 1 aromatic heterocycles. The van der Waals surface area contributed by atoms with E-state index in [9.17, 15) is 9.59 Å². The molecule has 0 spiro atoms. The van der Waals surface area contributed by atoms with Gasteiger partial charge in [0.1, 0.15) is 0 Å². The average Bonchev–Trinajstić information content (AvgIpc) is 3.39. The molecule has 3 aromatic rings. The fourth-order valence-electron chi connectivity index (χ4n) is 5.63. The van der Waals surface area contributed by atoms with Gasteiger partial charge in [0.05, 0.1) is 5.02 Å². The number of benzene rings is 2. The molecule has 1 aliphatic carbocycles. The van der Waals surface area contributed by atoms with Crippen LogP contribution in [0.5, 0.6) is 0 Å². The lowest BCUT2D eigenvalue weighted by Gasteiger charge is -2.41. The van der Waals surface area contributed by atoms with Crippen molar-refractivity contribution in [1.29, 1.82) is 0 Å². The number of amides is 2. The van der Waals surface area contributed by atoms with Gasteiger partial charge < -0.3 is 9.80 Å². The van der Waals surface area contributed by atoms with E-state index in [4.69, 9.17) is 11.6 Å². The Kier molecular flexibility index (Phi) is 9.24. The fourth-order valence-corrected chi connectivity index (χ4v) is 6.74. The van der Waals surface area contributed by atoms with Crippen LogP contribution < -0.4 is 0 Å². The summed E-state index contributed by atoms with van der Waals surface area (Å²) in [5.41, 5.74) is 1.79. The molecule has 1 unspecified atom stereocenters. The summed E-state index contributed by atoms with van der Waals surface area (Å²) in [6.45, 7) is 3.96. The summed E-state index contributed by atoms with van der Waals surface area (Å²) >= 11 is 8.08. The minimum Gasteiger partial charge on any atom is -0.339 e. The number of carbonyl (C=O) groups is 2. The molecular weight excluding hydrogens is 530 g/mol. The molecule has 2 aliphatic rings. The molecule has 206 valence electrons. The van der Waals surface area contributed by atoms with Crippen molar-refractivity contribution in [2.75, 3.05) is 25.4 Å². The molecule has 1 atom stereocenters. The van der Waals surface area contributed by atoms with Crippen LogP contribution in [0.15, 0.2) is 59.8 Å². The van der Waals surface area contributed by atoms with Gasteiger partial charge in [-0.1, -0.05) is 73.0 Å². The van der Waals surface area contributed by atoms with E-state index in [0.29, 0.717) is 42.8 Å². The van der Waals surface area contributed by atoms with Crippen molar-refractivity contribution in [3.63, 3.8) is 0 Å². The van der Waals surface area contributed by atoms with Gasteiger partial charge in [0.2, 0.25) is 11.8 Å². The number of para-hydroxylation sites is 1. The lowest BCUT2D eigenvalue weighted by Crippen LogP contribution is -2.56.